The van der Waals surface area contributed by atoms with Gasteiger partial charge in [-0.1, -0.05) is 25.3 Å². The highest BCUT2D eigenvalue weighted by Crippen LogP contribution is 2.36. The van der Waals surface area contributed by atoms with Gasteiger partial charge in [0.05, 0.1) is 19.8 Å². The van der Waals surface area contributed by atoms with Crippen molar-refractivity contribution >= 4 is 0 Å². The summed E-state index contributed by atoms with van der Waals surface area (Å²) in [6.45, 7) is 5.43. The molecule has 1 saturated heterocycles. The molecule has 0 aromatic carbocycles. The van der Waals surface area contributed by atoms with Crippen molar-refractivity contribution in [1.29, 1.82) is 0 Å². The summed E-state index contributed by atoms with van der Waals surface area (Å²) in [6, 6.07) is 0. The second-order valence-electron chi connectivity index (χ2n) is 5.10. The Morgan fingerprint density at radius 3 is 2.62 bits per heavy atom. The molecule has 0 aromatic heterocycles. The molecule has 3 heteroatoms. The Labute approximate surface area is 97.4 Å². The lowest BCUT2D eigenvalue weighted by molar-refractivity contribution is -0.0417. The van der Waals surface area contributed by atoms with Crippen LogP contribution in [-0.2, 0) is 9.47 Å². The van der Waals surface area contributed by atoms with E-state index in [4.69, 9.17) is 9.47 Å². The molecule has 16 heavy (non-hydrogen) atoms. The Kier molecular flexibility index (Phi) is 4.00. The summed E-state index contributed by atoms with van der Waals surface area (Å²) in [6.07, 6.45) is 7.90. The zero-order valence-corrected chi connectivity index (χ0v) is 9.86. The zero-order chi connectivity index (χ0) is 11.4. The smallest absolute Gasteiger partial charge is 0.111 e. The maximum Gasteiger partial charge on any atom is 0.111 e. The van der Waals surface area contributed by atoms with Crippen LogP contribution in [0.4, 0.5) is 0 Å². The van der Waals surface area contributed by atoms with Gasteiger partial charge in [-0.15, -0.1) is 6.58 Å². The number of aliphatic hydroxyl groups excluding tert-OH is 1. The molecule has 2 rings (SSSR count). The van der Waals surface area contributed by atoms with Crippen molar-refractivity contribution in [1.82, 2.24) is 0 Å². The van der Waals surface area contributed by atoms with Crippen LogP contribution in [0.1, 0.15) is 32.1 Å². The van der Waals surface area contributed by atoms with Crippen LogP contribution in [0.3, 0.4) is 0 Å². The van der Waals surface area contributed by atoms with E-state index in [-0.39, 0.29) is 24.2 Å². The molecular formula is C13H22O3. The highest BCUT2D eigenvalue weighted by Gasteiger charge is 2.36. The van der Waals surface area contributed by atoms with Gasteiger partial charge in [-0.05, 0) is 12.8 Å². The van der Waals surface area contributed by atoms with E-state index in [9.17, 15) is 5.11 Å². The van der Waals surface area contributed by atoms with Crippen LogP contribution in [0.15, 0.2) is 12.7 Å². The molecule has 92 valence electrons. The first-order chi connectivity index (χ1) is 7.79. The molecule has 0 spiro atoms. The fraction of sp³-hybridized carbons (Fsp3) is 0.846. The maximum absolute atomic E-state index is 9.54. The number of hydrogen-bond donors (Lipinski definition) is 1. The van der Waals surface area contributed by atoms with Gasteiger partial charge in [0.15, 0.2) is 0 Å². The summed E-state index contributed by atoms with van der Waals surface area (Å²) >= 11 is 0. The van der Waals surface area contributed by atoms with E-state index in [1.165, 1.54) is 19.3 Å². The molecule has 2 fully saturated rings. The van der Waals surface area contributed by atoms with Gasteiger partial charge in [-0.3, -0.25) is 0 Å². The van der Waals surface area contributed by atoms with Gasteiger partial charge in [-0.25, -0.2) is 0 Å². The maximum atomic E-state index is 9.54. The summed E-state index contributed by atoms with van der Waals surface area (Å²) in [7, 11) is 0. The lowest BCUT2D eigenvalue weighted by Gasteiger charge is -2.36. The van der Waals surface area contributed by atoms with Crippen molar-refractivity contribution < 1.29 is 14.6 Å². The fourth-order valence-electron chi connectivity index (χ4n) is 2.50. The lowest BCUT2D eigenvalue weighted by atomic mass is 9.75. The van der Waals surface area contributed by atoms with E-state index in [0.717, 1.165) is 19.4 Å². The van der Waals surface area contributed by atoms with E-state index in [2.05, 4.69) is 6.58 Å². The van der Waals surface area contributed by atoms with Crippen LogP contribution in [-0.4, -0.2) is 37.1 Å². The van der Waals surface area contributed by atoms with Crippen molar-refractivity contribution in [3.8, 4) is 0 Å². The van der Waals surface area contributed by atoms with Crippen LogP contribution < -0.4 is 0 Å². The third-order valence-electron chi connectivity index (χ3n) is 3.79. The minimum atomic E-state index is -0.00556. The summed E-state index contributed by atoms with van der Waals surface area (Å²) < 4.78 is 11.1. The van der Waals surface area contributed by atoms with Gasteiger partial charge in [0.25, 0.3) is 0 Å². The molecule has 2 aliphatic rings. The summed E-state index contributed by atoms with van der Waals surface area (Å²) in [5.41, 5.74) is -0.00556. The van der Waals surface area contributed by atoms with Crippen LogP contribution >= 0.6 is 0 Å². The van der Waals surface area contributed by atoms with E-state index >= 15 is 0 Å². The number of epoxide rings is 1. The molecule has 1 heterocycles. The Balaban J connectivity index is 1.83. The molecule has 0 amide bonds. The molecule has 0 aromatic rings. The third kappa shape index (κ3) is 2.84. The van der Waals surface area contributed by atoms with E-state index in [1.807, 2.05) is 6.08 Å². The predicted molar refractivity (Wildman–Crippen MR) is 62.3 cm³/mol. The minimum Gasteiger partial charge on any atom is -0.396 e. The highest BCUT2D eigenvalue weighted by atomic mass is 16.6. The Morgan fingerprint density at radius 2 is 2.12 bits per heavy atom. The Hall–Kier alpha value is -0.380. The van der Waals surface area contributed by atoms with E-state index in [1.54, 1.807) is 0 Å². The average Bonchev–Trinajstić information content (AvgIpc) is 3.16. The molecule has 1 aliphatic carbocycles. The van der Waals surface area contributed by atoms with Gasteiger partial charge >= 0.3 is 0 Å². The van der Waals surface area contributed by atoms with Crippen LogP contribution in [0, 0.1) is 5.41 Å². The second kappa shape index (κ2) is 5.30. The van der Waals surface area contributed by atoms with E-state index < -0.39 is 0 Å². The largest absolute Gasteiger partial charge is 0.396 e. The SMILES string of the molecule is C=CC(OCC1(CO)CCCCC1)C1CO1. The van der Waals surface area contributed by atoms with Gasteiger partial charge in [-0.2, -0.15) is 0 Å². The normalized spacial score (nSPS) is 29.7. The minimum absolute atomic E-state index is 0.00496. The first kappa shape index (κ1) is 12.1. The monoisotopic (exact) mass is 226 g/mol. The Morgan fingerprint density at radius 1 is 1.44 bits per heavy atom. The van der Waals surface area contributed by atoms with Crippen molar-refractivity contribution in [2.75, 3.05) is 19.8 Å². The fourth-order valence-corrected chi connectivity index (χ4v) is 2.50. The first-order valence-electron chi connectivity index (χ1n) is 6.26. The average molecular weight is 226 g/mol. The number of aliphatic hydroxyl groups is 1. The highest BCUT2D eigenvalue weighted by molar-refractivity contribution is 4.93. The van der Waals surface area contributed by atoms with Crippen molar-refractivity contribution in [2.24, 2.45) is 5.41 Å². The van der Waals surface area contributed by atoms with Crippen molar-refractivity contribution in [3.63, 3.8) is 0 Å². The molecule has 3 nitrogen and oxygen atoms in total. The molecule has 2 atom stereocenters. The van der Waals surface area contributed by atoms with Crippen LogP contribution in [0.5, 0.6) is 0 Å². The summed E-state index contributed by atoms with van der Waals surface area (Å²) in [4.78, 5) is 0. The standard InChI is InChI=1S/C13H22O3/c1-2-11(12-8-15-12)16-10-13(9-14)6-4-3-5-7-13/h2,11-12,14H,1,3-10H2. The predicted octanol–water partition coefficient (Wildman–Crippen LogP) is 1.90. The van der Waals surface area contributed by atoms with Crippen molar-refractivity contribution in [3.05, 3.63) is 12.7 Å². The Bertz CT molecular complexity index is 229. The number of hydrogen-bond acceptors (Lipinski definition) is 3. The molecule has 1 aliphatic heterocycles. The van der Waals surface area contributed by atoms with E-state index in [0.29, 0.717) is 6.61 Å². The second-order valence-corrected chi connectivity index (χ2v) is 5.10. The number of ether oxygens (including phenoxy) is 2. The van der Waals surface area contributed by atoms with Gasteiger partial charge in [0, 0.05) is 5.41 Å². The molecule has 2 unspecified atom stereocenters. The molecule has 0 bridgehead atoms. The molecule has 1 N–H and O–H groups in total. The number of rotatable bonds is 6. The lowest BCUT2D eigenvalue weighted by Crippen LogP contribution is -2.35. The van der Waals surface area contributed by atoms with Crippen molar-refractivity contribution in [2.45, 2.75) is 44.3 Å². The molecular weight excluding hydrogens is 204 g/mol. The van der Waals surface area contributed by atoms with Gasteiger partial charge in [0.2, 0.25) is 0 Å². The molecule has 1 saturated carbocycles. The van der Waals surface area contributed by atoms with Crippen LogP contribution in [0.25, 0.3) is 0 Å². The van der Waals surface area contributed by atoms with Gasteiger partial charge < -0.3 is 14.6 Å². The quantitative estimate of drug-likeness (QED) is 0.555. The van der Waals surface area contributed by atoms with Gasteiger partial charge in [0.1, 0.15) is 12.2 Å². The first-order valence-corrected chi connectivity index (χ1v) is 6.26. The summed E-state index contributed by atoms with van der Waals surface area (Å²) in [5, 5.41) is 9.54. The zero-order valence-electron chi connectivity index (χ0n) is 9.86. The topological polar surface area (TPSA) is 42.0 Å². The third-order valence-corrected chi connectivity index (χ3v) is 3.79. The summed E-state index contributed by atoms with van der Waals surface area (Å²) in [5.74, 6) is 0. The van der Waals surface area contributed by atoms with Crippen LogP contribution in [0.2, 0.25) is 0 Å². The molecule has 0 radical (unpaired) electrons.